The molecule has 0 bridgehead atoms. The molecule has 3 heteroatoms. The molecule has 0 atom stereocenters. The molecule has 0 unspecified atom stereocenters. The molecule has 3 nitrogen and oxygen atoms in total. The molecule has 0 spiro atoms. The second-order valence-electron chi connectivity index (χ2n) is 4.24. The maximum atomic E-state index is 5.73. The second kappa shape index (κ2) is 4.90. The molecular weight excluding hydrogens is 234 g/mol. The molecule has 0 aliphatic heterocycles. The Morgan fingerprint density at radius 1 is 0.684 bits per heavy atom. The van der Waals surface area contributed by atoms with Gasteiger partial charge in [-0.25, -0.2) is 9.97 Å². The third-order valence-corrected chi connectivity index (χ3v) is 2.96. The average Bonchev–Trinajstić information content (AvgIpc) is 2.49. The van der Waals surface area contributed by atoms with Crippen LogP contribution in [0.1, 0.15) is 0 Å². The molecule has 2 N–H and O–H groups in total. The minimum absolute atomic E-state index is 0.731. The largest absolute Gasteiger partial charge is 0.399 e. The predicted octanol–water partition coefficient (Wildman–Crippen LogP) is 3.39. The Morgan fingerprint density at radius 2 is 1.32 bits per heavy atom. The molecule has 19 heavy (non-hydrogen) atoms. The summed E-state index contributed by atoms with van der Waals surface area (Å²) in [5.74, 6) is 0.731. The fourth-order valence-electron chi connectivity index (χ4n) is 2.03. The van der Waals surface area contributed by atoms with E-state index in [1.165, 1.54) is 0 Å². The lowest BCUT2D eigenvalue weighted by Gasteiger charge is -2.08. The number of nitrogens with zero attached hydrogens (tertiary/aromatic N) is 2. The predicted molar refractivity (Wildman–Crippen MR) is 77.3 cm³/mol. The highest BCUT2D eigenvalue weighted by molar-refractivity contribution is 5.80. The number of benzene rings is 2. The van der Waals surface area contributed by atoms with Crippen LogP contribution in [0.3, 0.4) is 0 Å². The number of anilines is 1. The fourth-order valence-corrected chi connectivity index (χ4v) is 2.03. The third-order valence-electron chi connectivity index (χ3n) is 2.96. The maximum absolute atomic E-state index is 5.73. The van der Waals surface area contributed by atoms with Crippen molar-refractivity contribution in [3.8, 4) is 22.5 Å². The minimum atomic E-state index is 0.731. The lowest BCUT2D eigenvalue weighted by Crippen LogP contribution is -1.91. The van der Waals surface area contributed by atoms with Gasteiger partial charge >= 0.3 is 0 Å². The van der Waals surface area contributed by atoms with Gasteiger partial charge in [-0.05, 0) is 29.3 Å². The van der Waals surface area contributed by atoms with E-state index in [2.05, 4.69) is 16.0 Å². The van der Waals surface area contributed by atoms with Gasteiger partial charge in [-0.2, -0.15) is 0 Å². The first-order valence-electron chi connectivity index (χ1n) is 6.07. The molecule has 0 fully saturated rings. The van der Waals surface area contributed by atoms with Crippen molar-refractivity contribution in [1.29, 1.82) is 0 Å². The van der Waals surface area contributed by atoms with E-state index < -0.39 is 0 Å². The molecule has 92 valence electrons. The smallest absolute Gasteiger partial charge is 0.159 e. The highest BCUT2D eigenvalue weighted by Crippen LogP contribution is 2.29. The zero-order valence-corrected chi connectivity index (χ0v) is 10.3. The van der Waals surface area contributed by atoms with E-state index in [9.17, 15) is 0 Å². The van der Waals surface area contributed by atoms with Crippen molar-refractivity contribution in [2.75, 3.05) is 5.73 Å². The molecule has 0 saturated heterocycles. The van der Waals surface area contributed by atoms with Crippen molar-refractivity contribution in [2.24, 2.45) is 0 Å². The Labute approximate surface area is 111 Å². The summed E-state index contributed by atoms with van der Waals surface area (Å²) in [6.45, 7) is 0. The van der Waals surface area contributed by atoms with Gasteiger partial charge in [-0.3, -0.25) is 0 Å². The van der Waals surface area contributed by atoms with Crippen LogP contribution in [0.15, 0.2) is 67.0 Å². The summed E-state index contributed by atoms with van der Waals surface area (Å²) in [5.41, 5.74) is 9.73. The minimum Gasteiger partial charge on any atom is -0.399 e. The first-order valence-corrected chi connectivity index (χ1v) is 6.07. The van der Waals surface area contributed by atoms with E-state index in [-0.39, 0.29) is 0 Å². The summed E-state index contributed by atoms with van der Waals surface area (Å²) < 4.78 is 0. The Kier molecular flexibility index (Phi) is 2.94. The summed E-state index contributed by atoms with van der Waals surface area (Å²) in [5, 5.41) is 0. The van der Waals surface area contributed by atoms with E-state index >= 15 is 0 Å². The monoisotopic (exact) mass is 247 g/mol. The highest BCUT2D eigenvalue weighted by Gasteiger charge is 2.08. The summed E-state index contributed by atoms with van der Waals surface area (Å²) >= 11 is 0. The summed E-state index contributed by atoms with van der Waals surface area (Å²) in [6.07, 6.45) is 3.50. The quantitative estimate of drug-likeness (QED) is 0.706. The summed E-state index contributed by atoms with van der Waals surface area (Å²) in [7, 11) is 0. The van der Waals surface area contributed by atoms with Gasteiger partial charge in [-0.15, -0.1) is 0 Å². The van der Waals surface area contributed by atoms with E-state index in [0.29, 0.717) is 0 Å². The van der Waals surface area contributed by atoms with Gasteiger partial charge < -0.3 is 5.73 Å². The number of rotatable bonds is 2. The first-order chi connectivity index (χ1) is 9.34. The highest BCUT2D eigenvalue weighted by atomic mass is 14.8. The molecule has 3 rings (SSSR count). The van der Waals surface area contributed by atoms with Gasteiger partial charge in [0.2, 0.25) is 0 Å². The molecule has 0 radical (unpaired) electrons. The van der Waals surface area contributed by atoms with Gasteiger partial charge in [0.15, 0.2) is 5.82 Å². The normalized spacial score (nSPS) is 10.3. The first kappa shape index (κ1) is 11.4. The molecule has 3 aromatic rings. The van der Waals surface area contributed by atoms with Crippen LogP contribution >= 0.6 is 0 Å². The van der Waals surface area contributed by atoms with Crippen LogP contribution in [-0.4, -0.2) is 9.97 Å². The number of hydrogen-bond donors (Lipinski definition) is 1. The van der Waals surface area contributed by atoms with Crippen molar-refractivity contribution in [2.45, 2.75) is 0 Å². The van der Waals surface area contributed by atoms with Gasteiger partial charge in [0.1, 0.15) is 0 Å². The van der Waals surface area contributed by atoms with Crippen LogP contribution < -0.4 is 5.73 Å². The van der Waals surface area contributed by atoms with Crippen LogP contribution in [0.2, 0.25) is 0 Å². The molecule has 1 aromatic heterocycles. The molecule has 0 saturated carbocycles. The third kappa shape index (κ3) is 2.31. The number of aromatic nitrogens is 2. The Bertz CT molecular complexity index is 676. The van der Waals surface area contributed by atoms with Gasteiger partial charge in [0.05, 0.1) is 0 Å². The second-order valence-corrected chi connectivity index (χ2v) is 4.24. The van der Waals surface area contributed by atoms with Crippen LogP contribution in [0, 0.1) is 0 Å². The molecule has 2 aromatic carbocycles. The van der Waals surface area contributed by atoms with E-state index in [0.717, 1.165) is 28.2 Å². The molecular formula is C16H13N3. The number of nitrogen functional groups attached to an aromatic ring is 1. The van der Waals surface area contributed by atoms with Gasteiger partial charge in [0, 0.05) is 23.6 Å². The lowest BCUT2D eigenvalue weighted by atomic mass is 9.99. The average molecular weight is 247 g/mol. The SMILES string of the molecule is Nc1ccc(-c2ccccc2-c2ncccn2)cc1. The van der Waals surface area contributed by atoms with Crippen molar-refractivity contribution in [3.05, 3.63) is 67.0 Å². The number of nitrogens with two attached hydrogens (primary N) is 1. The van der Waals surface area contributed by atoms with Crippen molar-refractivity contribution in [1.82, 2.24) is 9.97 Å². The maximum Gasteiger partial charge on any atom is 0.159 e. The molecule has 0 aliphatic carbocycles. The van der Waals surface area contributed by atoms with Gasteiger partial charge in [-0.1, -0.05) is 36.4 Å². The van der Waals surface area contributed by atoms with Crippen LogP contribution in [0.4, 0.5) is 5.69 Å². The topological polar surface area (TPSA) is 51.8 Å². The standard InChI is InChI=1S/C16H13N3/c17-13-8-6-12(7-9-13)14-4-1-2-5-15(14)16-18-10-3-11-19-16/h1-11H,17H2. The Hall–Kier alpha value is -2.68. The zero-order valence-electron chi connectivity index (χ0n) is 10.3. The number of hydrogen-bond acceptors (Lipinski definition) is 3. The Balaban J connectivity index is 2.15. The molecule has 1 heterocycles. The Morgan fingerprint density at radius 3 is 2.00 bits per heavy atom. The van der Waals surface area contributed by atoms with Crippen molar-refractivity contribution in [3.63, 3.8) is 0 Å². The molecule has 0 amide bonds. The van der Waals surface area contributed by atoms with Crippen LogP contribution in [0.25, 0.3) is 22.5 Å². The van der Waals surface area contributed by atoms with E-state index in [4.69, 9.17) is 5.73 Å². The zero-order chi connectivity index (χ0) is 13.1. The van der Waals surface area contributed by atoms with Crippen LogP contribution in [0.5, 0.6) is 0 Å². The lowest BCUT2D eigenvalue weighted by molar-refractivity contribution is 1.18. The van der Waals surface area contributed by atoms with E-state index in [1.54, 1.807) is 12.4 Å². The van der Waals surface area contributed by atoms with Crippen molar-refractivity contribution < 1.29 is 0 Å². The summed E-state index contributed by atoms with van der Waals surface area (Å²) in [6, 6.07) is 17.7. The van der Waals surface area contributed by atoms with Gasteiger partial charge in [0.25, 0.3) is 0 Å². The van der Waals surface area contributed by atoms with E-state index in [1.807, 2.05) is 48.5 Å². The molecule has 0 aliphatic rings. The van der Waals surface area contributed by atoms with Crippen LogP contribution in [-0.2, 0) is 0 Å². The fraction of sp³-hybridized carbons (Fsp3) is 0. The summed E-state index contributed by atoms with van der Waals surface area (Å²) in [4.78, 5) is 8.63. The van der Waals surface area contributed by atoms with Crippen molar-refractivity contribution >= 4 is 5.69 Å².